The van der Waals surface area contributed by atoms with Crippen LogP contribution in [-0.2, 0) is 12.4 Å². The van der Waals surface area contributed by atoms with Crippen LogP contribution in [-0.4, -0.2) is 12.0 Å². The van der Waals surface area contributed by atoms with Crippen molar-refractivity contribution >= 4 is 17.4 Å². The minimum Gasteiger partial charge on any atom is -0.355 e. The Labute approximate surface area is 113 Å². The number of hydrogen-bond acceptors (Lipinski definition) is 2. The van der Waals surface area contributed by atoms with Gasteiger partial charge in [-0.2, -0.15) is 0 Å². The Bertz CT molecular complexity index is 508. The second-order valence-electron chi connectivity index (χ2n) is 4.46. The molecule has 1 aromatic carbocycles. The van der Waals surface area contributed by atoms with Crippen molar-refractivity contribution in [1.29, 1.82) is 0 Å². The molecule has 0 aliphatic heterocycles. The smallest absolute Gasteiger partial charge is 0.128 e. The Hall–Kier alpha value is -1.54. The second-order valence-corrected chi connectivity index (χ2v) is 4.73. The van der Waals surface area contributed by atoms with Gasteiger partial charge in [0.2, 0.25) is 0 Å². The number of anilines is 1. The van der Waals surface area contributed by atoms with Crippen LogP contribution in [0.4, 0.5) is 5.82 Å². The lowest BCUT2D eigenvalue weighted by atomic mass is 10.1. The monoisotopic (exact) mass is 260 g/mol. The first-order chi connectivity index (χ1) is 8.69. The van der Waals surface area contributed by atoms with Gasteiger partial charge in [-0.25, -0.2) is 4.98 Å². The molecule has 0 spiro atoms. The highest BCUT2D eigenvalue weighted by Crippen LogP contribution is 2.14. The quantitative estimate of drug-likeness (QED) is 0.778. The summed E-state index contributed by atoms with van der Waals surface area (Å²) in [6, 6.07) is 14.5. The van der Waals surface area contributed by atoms with Crippen molar-refractivity contribution in [1.82, 2.24) is 4.98 Å². The predicted octanol–water partition coefficient (Wildman–Crippen LogP) is 3.77. The molecule has 0 saturated heterocycles. The second kappa shape index (κ2) is 5.87. The van der Waals surface area contributed by atoms with E-state index in [9.17, 15) is 0 Å². The minimum absolute atomic E-state index is 0.451. The first-order valence-corrected chi connectivity index (χ1v) is 6.51. The zero-order valence-electron chi connectivity index (χ0n) is 10.7. The number of hydrogen-bond donors (Lipinski definition) is 0. The highest BCUT2D eigenvalue weighted by molar-refractivity contribution is 6.16. The van der Waals surface area contributed by atoms with Crippen LogP contribution in [0.5, 0.6) is 0 Å². The topological polar surface area (TPSA) is 16.1 Å². The summed E-state index contributed by atoms with van der Waals surface area (Å²) in [5, 5.41) is 0. The van der Waals surface area contributed by atoms with E-state index in [4.69, 9.17) is 11.6 Å². The third-order valence-electron chi connectivity index (χ3n) is 2.86. The zero-order valence-corrected chi connectivity index (χ0v) is 11.5. The first-order valence-electron chi connectivity index (χ1n) is 5.97. The van der Waals surface area contributed by atoms with Crippen molar-refractivity contribution in [3.8, 4) is 0 Å². The number of alkyl halides is 1. The zero-order chi connectivity index (χ0) is 13.0. The van der Waals surface area contributed by atoms with E-state index < -0.39 is 0 Å². The Morgan fingerprint density at radius 2 is 1.83 bits per heavy atom. The van der Waals surface area contributed by atoms with Gasteiger partial charge in [0.25, 0.3) is 0 Å². The lowest BCUT2D eigenvalue weighted by molar-refractivity contribution is 0.890. The molecule has 3 heteroatoms. The largest absolute Gasteiger partial charge is 0.355 e. The van der Waals surface area contributed by atoms with Gasteiger partial charge >= 0.3 is 0 Å². The van der Waals surface area contributed by atoms with E-state index in [0.29, 0.717) is 5.88 Å². The molecule has 1 heterocycles. The molecular formula is C15H17ClN2. The van der Waals surface area contributed by atoms with Crippen LogP contribution in [0, 0.1) is 6.92 Å². The molecule has 94 valence electrons. The van der Waals surface area contributed by atoms with Crippen molar-refractivity contribution in [3.05, 3.63) is 59.3 Å². The summed E-state index contributed by atoms with van der Waals surface area (Å²) in [6.07, 6.45) is 0. The fraction of sp³-hybridized carbons (Fsp3) is 0.267. The minimum atomic E-state index is 0.451. The van der Waals surface area contributed by atoms with Gasteiger partial charge in [0.15, 0.2) is 0 Å². The van der Waals surface area contributed by atoms with Crippen molar-refractivity contribution < 1.29 is 0 Å². The third-order valence-corrected chi connectivity index (χ3v) is 3.13. The Kier molecular flexibility index (Phi) is 4.21. The lowest BCUT2D eigenvalue weighted by Gasteiger charge is -2.18. The van der Waals surface area contributed by atoms with Crippen molar-refractivity contribution in [2.45, 2.75) is 19.3 Å². The normalized spacial score (nSPS) is 10.4. The summed E-state index contributed by atoms with van der Waals surface area (Å²) in [7, 11) is 2.04. The number of benzene rings is 1. The van der Waals surface area contributed by atoms with E-state index in [2.05, 4.69) is 41.1 Å². The number of rotatable bonds is 4. The van der Waals surface area contributed by atoms with Gasteiger partial charge in [0.1, 0.15) is 5.82 Å². The van der Waals surface area contributed by atoms with Crippen molar-refractivity contribution in [3.63, 3.8) is 0 Å². The van der Waals surface area contributed by atoms with Gasteiger partial charge in [-0.15, -0.1) is 11.6 Å². The molecule has 2 nitrogen and oxygen atoms in total. The average Bonchev–Trinajstić information content (AvgIpc) is 2.41. The summed E-state index contributed by atoms with van der Waals surface area (Å²) in [4.78, 5) is 6.62. The standard InChI is InChI=1S/C15H17ClN2/c1-12-6-8-13(9-7-12)11-18(2)15-5-3-4-14(10-16)17-15/h3-9H,10-11H2,1-2H3. The molecule has 0 bridgehead atoms. The van der Waals surface area contributed by atoms with Gasteiger partial charge in [-0.05, 0) is 24.6 Å². The maximum Gasteiger partial charge on any atom is 0.128 e. The highest BCUT2D eigenvalue weighted by atomic mass is 35.5. The summed E-state index contributed by atoms with van der Waals surface area (Å²) in [6.45, 7) is 2.94. The van der Waals surface area contributed by atoms with Gasteiger partial charge in [-0.3, -0.25) is 0 Å². The van der Waals surface area contributed by atoms with Crippen LogP contribution in [0.1, 0.15) is 16.8 Å². The van der Waals surface area contributed by atoms with E-state index in [1.54, 1.807) is 0 Å². The van der Waals surface area contributed by atoms with E-state index in [1.807, 2.05) is 25.2 Å². The predicted molar refractivity (Wildman–Crippen MR) is 77.1 cm³/mol. The fourth-order valence-corrected chi connectivity index (χ4v) is 1.95. The Morgan fingerprint density at radius 3 is 2.50 bits per heavy atom. The molecule has 0 atom stereocenters. The number of nitrogens with zero attached hydrogens (tertiary/aromatic N) is 2. The number of pyridine rings is 1. The molecule has 0 amide bonds. The fourth-order valence-electron chi connectivity index (χ4n) is 1.80. The average molecular weight is 261 g/mol. The maximum atomic E-state index is 5.80. The summed E-state index contributed by atoms with van der Waals surface area (Å²) in [5.41, 5.74) is 3.47. The van der Waals surface area contributed by atoms with Gasteiger partial charge in [-0.1, -0.05) is 35.9 Å². The molecule has 1 aromatic heterocycles. The van der Waals surface area contributed by atoms with Crippen LogP contribution in [0.15, 0.2) is 42.5 Å². The van der Waals surface area contributed by atoms with Crippen LogP contribution < -0.4 is 4.90 Å². The molecule has 18 heavy (non-hydrogen) atoms. The molecule has 0 aliphatic carbocycles. The molecule has 0 fully saturated rings. The molecule has 2 aromatic rings. The van der Waals surface area contributed by atoms with E-state index in [1.165, 1.54) is 11.1 Å². The molecule has 0 N–H and O–H groups in total. The molecule has 0 radical (unpaired) electrons. The van der Waals surface area contributed by atoms with Crippen LogP contribution in [0.2, 0.25) is 0 Å². The maximum absolute atomic E-state index is 5.80. The first kappa shape index (κ1) is 12.9. The van der Waals surface area contributed by atoms with Gasteiger partial charge in [0.05, 0.1) is 11.6 Å². The van der Waals surface area contributed by atoms with Crippen molar-refractivity contribution in [2.75, 3.05) is 11.9 Å². The molecule has 0 saturated carbocycles. The molecular weight excluding hydrogens is 244 g/mol. The van der Waals surface area contributed by atoms with Crippen LogP contribution in [0.25, 0.3) is 0 Å². The summed E-state index contributed by atoms with van der Waals surface area (Å²) in [5.74, 6) is 1.40. The number of aromatic nitrogens is 1. The summed E-state index contributed by atoms with van der Waals surface area (Å²) < 4.78 is 0. The third kappa shape index (κ3) is 3.23. The van der Waals surface area contributed by atoms with Crippen LogP contribution in [0.3, 0.4) is 0 Å². The Balaban J connectivity index is 2.11. The number of halogens is 1. The van der Waals surface area contributed by atoms with Gasteiger partial charge < -0.3 is 4.90 Å². The molecule has 0 aliphatic rings. The molecule has 2 rings (SSSR count). The van der Waals surface area contributed by atoms with Gasteiger partial charge in [0, 0.05) is 13.6 Å². The Morgan fingerprint density at radius 1 is 1.11 bits per heavy atom. The van der Waals surface area contributed by atoms with Crippen molar-refractivity contribution in [2.24, 2.45) is 0 Å². The summed E-state index contributed by atoms with van der Waals surface area (Å²) >= 11 is 5.80. The van der Waals surface area contributed by atoms with E-state index in [-0.39, 0.29) is 0 Å². The SMILES string of the molecule is Cc1ccc(CN(C)c2cccc(CCl)n2)cc1. The number of aryl methyl sites for hydroxylation is 1. The van der Waals surface area contributed by atoms with Crippen LogP contribution >= 0.6 is 11.6 Å². The molecule has 0 unspecified atom stereocenters. The van der Waals surface area contributed by atoms with E-state index >= 15 is 0 Å². The lowest BCUT2D eigenvalue weighted by Crippen LogP contribution is -2.17. The van der Waals surface area contributed by atoms with E-state index in [0.717, 1.165) is 18.1 Å². The highest BCUT2D eigenvalue weighted by Gasteiger charge is 2.04.